The quantitative estimate of drug-likeness (QED) is 0.613. The summed E-state index contributed by atoms with van der Waals surface area (Å²) in [7, 11) is 3.42. The van der Waals surface area contributed by atoms with Crippen molar-refractivity contribution in [1.82, 2.24) is 0 Å². The molecule has 0 aromatic heterocycles. The first-order valence-electron chi connectivity index (χ1n) is 7.40. The van der Waals surface area contributed by atoms with Crippen LogP contribution in [0.25, 0.3) is 6.08 Å². The topological polar surface area (TPSA) is 23.1 Å². The van der Waals surface area contributed by atoms with Crippen LogP contribution in [0.5, 0.6) is 0 Å². The van der Waals surface area contributed by atoms with Gasteiger partial charge in [-0.1, -0.05) is 66.7 Å². The van der Waals surface area contributed by atoms with Gasteiger partial charge >= 0.3 is 0 Å². The molecule has 2 aromatic rings. The van der Waals surface area contributed by atoms with E-state index in [1.807, 2.05) is 6.07 Å². The fourth-order valence-corrected chi connectivity index (χ4v) is 3.17. The molecular weight excluding hydrogens is 258 g/mol. The van der Waals surface area contributed by atoms with Gasteiger partial charge in [-0.3, -0.25) is 0 Å². The van der Waals surface area contributed by atoms with E-state index in [1.165, 1.54) is 16.7 Å². The normalized spacial score (nSPS) is 20.5. The van der Waals surface area contributed by atoms with Gasteiger partial charge in [0, 0.05) is 11.8 Å². The molecule has 1 aliphatic carbocycles. The van der Waals surface area contributed by atoms with Gasteiger partial charge in [-0.25, -0.2) is 0 Å². The Morgan fingerprint density at radius 1 is 0.952 bits per heavy atom. The molecule has 0 fully saturated rings. The molecule has 0 radical (unpaired) electrons. The number of rotatable bonds is 4. The zero-order valence-electron chi connectivity index (χ0n) is 12.6. The van der Waals surface area contributed by atoms with Gasteiger partial charge in [0.15, 0.2) is 0 Å². The van der Waals surface area contributed by atoms with Gasteiger partial charge in [0.2, 0.25) is 0 Å². The van der Waals surface area contributed by atoms with Gasteiger partial charge in [-0.15, -0.1) is 0 Å². The number of nitrogens with zero attached hydrogens (tertiary/aromatic N) is 1. The maximum atomic E-state index is 12.1. The van der Waals surface area contributed by atoms with Gasteiger partial charge in [0.1, 0.15) is 0 Å². The molecule has 2 nitrogen and oxygen atoms in total. The predicted molar refractivity (Wildman–Crippen MR) is 87.7 cm³/mol. The summed E-state index contributed by atoms with van der Waals surface area (Å²) in [6.45, 7) is 0.591. The molecule has 0 spiro atoms. The van der Waals surface area contributed by atoms with Crippen LogP contribution in [0.1, 0.15) is 23.1 Å². The number of fused-ring (bicyclic) bond motifs is 1. The minimum atomic E-state index is -0.259. The highest BCUT2D eigenvalue weighted by Crippen LogP contribution is 2.44. The molecule has 1 aliphatic rings. The van der Waals surface area contributed by atoms with Crippen LogP contribution in [0.15, 0.2) is 60.7 Å². The van der Waals surface area contributed by atoms with E-state index >= 15 is 0 Å². The Labute approximate surface area is 126 Å². The molecule has 0 saturated carbocycles. The van der Waals surface area contributed by atoms with E-state index in [4.69, 9.17) is 0 Å². The zero-order valence-corrected chi connectivity index (χ0v) is 12.6. The highest BCUT2D eigenvalue weighted by Gasteiger charge is 2.37. The van der Waals surface area contributed by atoms with Crippen molar-refractivity contribution in [3.63, 3.8) is 0 Å². The minimum Gasteiger partial charge on any atom is -0.633 e. The van der Waals surface area contributed by atoms with Crippen molar-refractivity contribution >= 4 is 6.08 Å². The molecule has 2 aromatic carbocycles. The Bertz CT molecular complexity index is 655. The van der Waals surface area contributed by atoms with Crippen LogP contribution in [0.4, 0.5) is 0 Å². The van der Waals surface area contributed by atoms with Crippen molar-refractivity contribution in [2.75, 3.05) is 20.6 Å². The van der Waals surface area contributed by atoms with Gasteiger partial charge in [0.05, 0.1) is 20.6 Å². The maximum Gasteiger partial charge on any atom is 0.0794 e. The van der Waals surface area contributed by atoms with Gasteiger partial charge in [0.25, 0.3) is 0 Å². The van der Waals surface area contributed by atoms with Crippen LogP contribution in [-0.2, 0) is 5.41 Å². The van der Waals surface area contributed by atoms with E-state index in [0.29, 0.717) is 6.54 Å². The van der Waals surface area contributed by atoms with Crippen LogP contribution in [0.3, 0.4) is 0 Å². The molecule has 0 saturated heterocycles. The summed E-state index contributed by atoms with van der Waals surface area (Å²) < 4.78 is -0.259. The second kappa shape index (κ2) is 5.14. The largest absolute Gasteiger partial charge is 0.633 e. The van der Waals surface area contributed by atoms with Crippen molar-refractivity contribution in [3.8, 4) is 0 Å². The van der Waals surface area contributed by atoms with Crippen molar-refractivity contribution in [3.05, 3.63) is 82.6 Å². The van der Waals surface area contributed by atoms with Gasteiger partial charge in [-0.05, 0) is 16.7 Å². The molecule has 21 heavy (non-hydrogen) atoms. The summed E-state index contributed by atoms with van der Waals surface area (Å²) in [6.07, 6.45) is 5.27. The van der Waals surface area contributed by atoms with Gasteiger partial charge < -0.3 is 9.85 Å². The third-order valence-corrected chi connectivity index (χ3v) is 4.32. The Morgan fingerprint density at radius 2 is 1.62 bits per heavy atom. The first-order chi connectivity index (χ1) is 10.0. The number of hydrogen-bond acceptors (Lipinski definition) is 1. The lowest BCUT2D eigenvalue weighted by atomic mass is 9.73. The van der Waals surface area contributed by atoms with Crippen molar-refractivity contribution in [2.45, 2.75) is 11.8 Å². The lowest BCUT2D eigenvalue weighted by molar-refractivity contribution is -0.840. The Balaban J connectivity index is 2.08. The molecule has 0 unspecified atom stereocenters. The predicted octanol–water partition coefficient (Wildman–Crippen LogP) is 3.96. The highest BCUT2D eigenvalue weighted by atomic mass is 16.5. The molecule has 0 N–H and O–H groups in total. The van der Waals surface area contributed by atoms with Crippen molar-refractivity contribution in [2.24, 2.45) is 0 Å². The Hall–Kier alpha value is -1.90. The number of allylic oxidation sites excluding steroid dienone is 1. The third-order valence-electron chi connectivity index (χ3n) is 4.32. The molecule has 1 atom stereocenters. The summed E-state index contributed by atoms with van der Waals surface area (Å²) in [5, 5.41) is 12.1. The van der Waals surface area contributed by atoms with E-state index < -0.39 is 0 Å². The van der Waals surface area contributed by atoms with Gasteiger partial charge in [-0.2, -0.15) is 0 Å². The van der Waals surface area contributed by atoms with Crippen LogP contribution in [-0.4, -0.2) is 25.3 Å². The van der Waals surface area contributed by atoms with E-state index in [-0.39, 0.29) is 10.1 Å². The van der Waals surface area contributed by atoms with Crippen LogP contribution < -0.4 is 0 Å². The molecular formula is C19H21NO. The molecule has 108 valence electrons. The molecule has 0 bridgehead atoms. The lowest BCUT2D eigenvalue weighted by Crippen LogP contribution is -2.38. The van der Waals surface area contributed by atoms with Crippen molar-refractivity contribution < 1.29 is 4.65 Å². The maximum absolute atomic E-state index is 12.1. The zero-order chi connectivity index (χ0) is 14.9. The molecule has 2 heteroatoms. The Kier molecular flexibility index (Phi) is 3.44. The van der Waals surface area contributed by atoms with E-state index in [1.54, 1.807) is 14.1 Å². The van der Waals surface area contributed by atoms with E-state index in [0.717, 1.165) is 6.42 Å². The van der Waals surface area contributed by atoms with Crippen LogP contribution >= 0.6 is 0 Å². The number of quaternary nitrogens is 1. The lowest BCUT2D eigenvalue weighted by Gasteiger charge is -2.38. The van der Waals surface area contributed by atoms with Crippen LogP contribution in [0.2, 0.25) is 0 Å². The van der Waals surface area contributed by atoms with Crippen molar-refractivity contribution in [1.29, 1.82) is 0 Å². The Morgan fingerprint density at radius 3 is 2.33 bits per heavy atom. The average molecular weight is 279 g/mol. The number of benzene rings is 2. The second-order valence-corrected chi connectivity index (χ2v) is 6.31. The minimum absolute atomic E-state index is 0.169. The number of hydrogen-bond donors (Lipinski definition) is 0. The van der Waals surface area contributed by atoms with E-state index in [2.05, 4.69) is 60.7 Å². The standard InChI is InChI=1S/C19H21NO/c1-20(2,21)15-14-19(17-9-4-3-5-10-17)13-12-16-8-6-7-11-18(16)19/h3-13H,14-15H2,1-2H3/t19-/m1/s1. The average Bonchev–Trinajstić information content (AvgIpc) is 2.86. The summed E-state index contributed by atoms with van der Waals surface area (Å²) in [5.41, 5.74) is 3.67. The van der Waals surface area contributed by atoms with Crippen LogP contribution in [0, 0.1) is 5.21 Å². The summed E-state index contributed by atoms with van der Waals surface area (Å²) in [5.74, 6) is 0. The number of hydroxylamine groups is 3. The first kappa shape index (κ1) is 14.1. The summed E-state index contributed by atoms with van der Waals surface area (Å²) >= 11 is 0. The summed E-state index contributed by atoms with van der Waals surface area (Å²) in [6, 6.07) is 19.0. The summed E-state index contributed by atoms with van der Waals surface area (Å²) in [4.78, 5) is 0. The first-order valence-corrected chi connectivity index (χ1v) is 7.40. The molecule has 0 heterocycles. The fourth-order valence-electron chi connectivity index (χ4n) is 3.17. The second-order valence-electron chi connectivity index (χ2n) is 6.31. The molecule has 0 aliphatic heterocycles. The van der Waals surface area contributed by atoms with E-state index in [9.17, 15) is 5.21 Å². The SMILES string of the molecule is C[N+](C)([O-])CC[C@@]1(c2ccccc2)C=Cc2ccccc21. The smallest absolute Gasteiger partial charge is 0.0794 e. The highest BCUT2D eigenvalue weighted by molar-refractivity contribution is 5.68. The fraction of sp³-hybridized carbons (Fsp3) is 0.263. The molecule has 0 amide bonds. The monoisotopic (exact) mass is 279 g/mol. The third kappa shape index (κ3) is 2.65. The molecule has 3 rings (SSSR count).